The summed E-state index contributed by atoms with van der Waals surface area (Å²) in [6.45, 7) is 0.0152. The number of carbonyl (C=O) groups is 1. The Balaban J connectivity index is 2.11. The Morgan fingerprint density at radius 3 is 2.26 bits per heavy atom. The Morgan fingerprint density at radius 1 is 1.04 bits per heavy atom. The van der Waals surface area contributed by atoms with Crippen LogP contribution in [0.5, 0.6) is 0 Å². The summed E-state index contributed by atoms with van der Waals surface area (Å²) in [5.41, 5.74) is 1.76. The van der Waals surface area contributed by atoms with Crippen molar-refractivity contribution in [3.05, 3.63) is 71.5 Å². The van der Waals surface area contributed by atoms with Crippen LogP contribution in [0.2, 0.25) is 0 Å². The molecule has 2 rings (SSSR count). The van der Waals surface area contributed by atoms with E-state index in [1.807, 2.05) is 30.3 Å². The molecule has 0 aliphatic heterocycles. The first-order chi connectivity index (χ1) is 11.2. The molecule has 122 valence electrons. The maximum atomic E-state index is 13.1. The number of rotatable bonds is 7. The largest absolute Gasteiger partial charge is 0.469 e. The van der Waals surface area contributed by atoms with E-state index in [4.69, 9.17) is 4.74 Å². The highest BCUT2D eigenvalue weighted by atomic mass is 19.1. The van der Waals surface area contributed by atoms with E-state index in [1.54, 1.807) is 12.1 Å². The van der Waals surface area contributed by atoms with Gasteiger partial charge >= 0.3 is 5.97 Å². The molecule has 0 heterocycles. The fourth-order valence-electron chi connectivity index (χ4n) is 2.71. The van der Waals surface area contributed by atoms with E-state index in [-0.39, 0.29) is 24.3 Å². The van der Waals surface area contributed by atoms with E-state index in [9.17, 15) is 14.3 Å². The van der Waals surface area contributed by atoms with Crippen LogP contribution in [0.25, 0.3) is 0 Å². The van der Waals surface area contributed by atoms with Gasteiger partial charge < -0.3 is 9.84 Å². The predicted molar refractivity (Wildman–Crippen MR) is 86.7 cm³/mol. The van der Waals surface area contributed by atoms with E-state index in [1.165, 1.54) is 19.2 Å². The summed E-state index contributed by atoms with van der Waals surface area (Å²) in [4.78, 5) is 12.1. The van der Waals surface area contributed by atoms with Crippen LogP contribution < -0.4 is 0 Å². The molecule has 2 atom stereocenters. The molecular weight excluding hydrogens is 295 g/mol. The molecule has 0 fully saturated rings. The lowest BCUT2D eigenvalue weighted by Gasteiger charge is -2.19. The summed E-state index contributed by atoms with van der Waals surface area (Å²) >= 11 is 0. The molecule has 0 aliphatic rings. The zero-order chi connectivity index (χ0) is 16.7. The number of aliphatic hydroxyl groups is 1. The Hall–Kier alpha value is -2.20. The van der Waals surface area contributed by atoms with Crippen molar-refractivity contribution in [2.45, 2.75) is 24.7 Å². The number of methoxy groups -OCH3 is 1. The van der Waals surface area contributed by atoms with Gasteiger partial charge in [0.15, 0.2) is 0 Å². The SMILES string of the molecule is COC(=O)C(CCC(CO)c1ccccc1)c1ccc(F)cc1. The van der Waals surface area contributed by atoms with Crippen molar-refractivity contribution in [3.63, 3.8) is 0 Å². The van der Waals surface area contributed by atoms with Crippen molar-refractivity contribution in [3.8, 4) is 0 Å². The molecule has 2 unspecified atom stereocenters. The van der Waals surface area contributed by atoms with Gasteiger partial charge in [0.25, 0.3) is 0 Å². The summed E-state index contributed by atoms with van der Waals surface area (Å²) < 4.78 is 17.9. The topological polar surface area (TPSA) is 46.5 Å². The second kappa shape index (κ2) is 8.44. The quantitative estimate of drug-likeness (QED) is 0.793. The molecule has 3 nitrogen and oxygen atoms in total. The highest BCUT2D eigenvalue weighted by Crippen LogP contribution is 2.29. The number of carbonyl (C=O) groups excluding carboxylic acids is 1. The van der Waals surface area contributed by atoms with Crippen LogP contribution in [0.15, 0.2) is 54.6 Å². The van der Waals surface area contributed by atoms with Gasteiger partial charge in [-0.15, -0.1) is 0 Å². The van der Waals surface area contributed by atoms with Crippen molar-refractivity contribution in [1.29, 1.82) is 0 Å². The Bertz CT molecular complexity index is 610. The molecule has 0 amide bonds. The first kappa shape index (κ1) is 17.2. The molecule has 4 heteroatoms. The molecule has 0 aliphatic carbocycles. The van der Waals surface area contributed by atoms with Crippen LogP contribution in [0.4, 0.5) is 4.39 Å². The highest BCUT2D eigenvalue weighted by Gasteiger charge is 2.23. The second-order valence-electron chi connectivity index (χ2n) is 5.49. The molecule has 0 saturated carbocycles. The molecular formula is C19H21FO3. The first-order valence-corrected chi connectivity index (χ1v) is 7.64. The smallest absolute Gasteiger partial charge is 0.313 e. The minimum atomic E-state index is -0.460. The Morgan fingerprint density at radius 2 is 1.70 bits per heavy atom. The number of halogens is 1. The maximum Gasteiger partial charge on any atom is 0.313 e. The van der Waals surface area contributed by atoms with Gasteiger partial charge in [0.2, 0.25) is 0 Å². The fourth-order valence-corrected chi connectivity index (χ4v) is 2.71. The maximum absolute atomic E-state index is 13.1. The van der Waals surface area contributed by atoms with Gasteiger partial charge in [0.05, 0.1) is 13.0 Å². The van der Waals surface area contributed by atoms with Gasteiger partial charge in [-0.05, 0) is 36.1 Å². The van der Waals surface area contributed by atoms with Crippen LogP contribution in [0, 0.1) is 5.82 Å². The molecule has 0 aromatic heterocycles. The number of esters is 1. The van der Waals surface area contributed by atoms with E-state index in [2.05, 4.69) is 0 Å². The van der Waals surface area contributed by atoms with Crippen LogP contribution in [0.1, 0.15) is 35.8 Å². The van der Waals surface area contributed by atoms with Crippen molar-refractivity contribution < 1.29 is 19.0 Å². The van der Waals surface area contributed by atoms with Crippen molar-refractivity contribution >= 4 is 5.97 Å². The van der Waals surface area contributed by atoms with Crippen molar-refractivity contribution in [2.24, 2.45) is 0 Å². The molecule has 0 saturated heterocycles. The number of benzene rings is 2. The summed E-state index contributed by atoms with van der Waals surface area (Å²) in [6, 6.07) is 15.6. The van der Waals surface area contributed by atoms with Crippen molar-refractivity contribution in [1.82, 2.24) is 0 Å². The molecule has 0 radical (unpaired) electrons. The average Bonchev–Trinajstić information content (AvgIpc) is 2.60. The lowest BCUT2D eigenvalue weighted by molar-refractivity contribution is -0.142. The van der Waals surface area contributed by atoms with Crippen LogP contribution in [-0.2, 0) is 9.53 Å². The lowest BCUT2D eigenvalue weighted by Crippen LogP contribution is -2.16. The summed E-state index contributed by atoms with van der Waals surface area (Å²) in [6.07, 6.45) is 1.16. The molecule has 0 bridgehead atoms. The minimum Gasteiger partial charge on any atom is -0.469 e. The van der Waals surface area contributed by atoms with Gasteiger partial charge in [-0.25, -0.2) is 4.39 Å². The molecule has 1 N–H and O–H groups in total. The standard InChI is InChI=1S/C19H21FO3/c1-23-19(22)18(15-7-10-17(20)11-8-15)12-9-16(13-21)14-5-3-2-4-6-14/h2-8,10-11,16,18,21H,9,12-13H2,1H3. The Labute approximate surface area is 135 Å². The van der Waals surface area contributed by atoms with E-state index < -0.39 is 5.92 Å². The van der Waals surface area contributed by atoms with E-state index in [0.717, 1.165) is 11.1 Å². The lowest BCUT2D eigenvalue weighted by atomic mass is 9.87. The summed E-state index contributed by atoms with van der Waals surface area (Å²) in [7, 11) is 1.35. The zero-order valence-electron chi connectivity index (χ0n) is 13.1. The predicted octanol–water partition coefficient (Wildman–Crippen LogP) is 3.64. The van der Waals surface area contributed by atoms with Crippen molar-refractivity contribution in [2.75, 3.05) is 13.7 Å². The second-order valence-corrected chi connectivity index (χ2v) is 5.49. The fraction of sp³-hybridized carbons (Fsp3) is 0.316. The van der Waals surface area contributed by atoms with Gasteiger partial charge in [0.1, 0.15) is 5.82 Å². The number of hydrogen-bond acceptors (Lipinski definition) is 3. The van der Waals surface area contributed by atoms with Crippen LogP contribution in [0.3, 0.4) is 0 Å². The number of ether oxygens (including phenoxy) is 1. The third-order valence-corrected chi connectivity index (χ3v) is 4.05. The van der Waals surface area contributed by atoms with E-state index in [0.29, 0.717) is 12.8 Å². The van der Waals surface area contributed by atoms with E-state index >= 15 is 0 Å². The van der Waals surface area contributed by atoms with Gasteiger partial charge in [-0.3, -0.25) is 4.79 Å². The zero-order valence-corrected chi connectivity index (χ0v) is 13.1. The van der Waals surface area contributed by atoms with Gasteiger partial charge in [0, 0.05) is 12.5 Å². The third kappa shape index (κ3) is 4.63. The number of hydrogen-bond donors (Lipinski definition) is 1. The van der Waals surface area contributed by atoms with Crippen LogP contribution >= 0.6 is 0 Å². The monoisotopic (exact) mass is 316 g/mol. The van der Waals surface area contributed by atoms with Gasteiger partial charge in [-0.2, -0.15) is 0 Å². The average molecular weight is 316 g/mol. The summed E-state index contributed by atoms with van der Waals surface area (Å²) in [5.74, 6) is -1.18. The third-order valence-electron chi connectivity index (χ3n) is 4.05. The number of aliphatic hydroxyl groups excluding tert-OH is 1. The Kier molecular flexibility index (Phi) is 6.29. The molecule has 2 aromatic carbocycles. The van der Waals surface area contributed by atoms with Gasteiger partial charge in [-0.1, -0.05) is 42.5 Å². The summed E-state index contributed by atoms with van der Waals surface area (Å²) in [5, 5.41) is 9.63. The highest BCUT2D eigenvalue weighted by molar-refractivity contribution is 5.78. The first-order valence-electron chi connectivity index (χ1n) is 7.64. The minimum absolute atomic E-state index is 0.0152. The molecule has 23 heavy (non-hydrogen) atoms. The van der Waals surface area contributed by atoms with Crippen LogP contribution in [-0.4, -0.2) is 24.8 Å². The molecule has 0 spiro atoms. The normalized spacial score (nSPS) is 13.3. The molecule has 2 aromatic rings.